The summed E-state index contributed by atoms with van der Waals surface area (Å²) in [4.78, 5) is 14.4. The van der Waals surface area contributed by atoms with Crippen LogP contribution in [0.4, 0.5) is 0 Å². The molecule has 3 rings (SSSR count). The van der Waals surface area contributed by atoms with E-state index in [2.05, 4.69) is 15.5 Å². The van der Waals surface area contributed by atoms with Crippen molar-refractivity contribution >= 4 is 17.7 Å². The molecule has 0 saturated carbocycles. The van der Waals surface area contributed by atoms with Crippen molar-refractivity contribution in [3.05, 3.63) is 65.2 Å². The van der Waals surface area contributed by atoms with Crippen molar-refractivity contribution in [2.45, 2.75) is 24.3 Å². The number of likely N-dealkylation sites (N-methyl/N-ethyl adjacent to an activating group) is 1. The highest BCUT2D eigenvalue weighted by molar-refractivity contribution is 8.00. The number of carbonyl (C=O) groups is 1. The van der Waals surface area contributed by atoms with Crippen LogP contribution in [0.25, 0.3) is 5.69 Å². The van der Waals surface area contributed by atoms with E-state index in [9.17, 15) is 4.79 Å². The molecule has 1 atom stereocenters. The van der Waals surface area contributed by atoms with E-state index in [-0.39, 0.29) is 5.91 Å². The van der Waals surface area contributed by atoms with E-state index >= 15 is 0 Å². The summed E-state index contributed by atoms with van der Waals surface area (Å²) in [7, 11) is 3.51. The number of amides is 1. The number of aryl methyl sites for hydroxylation is 2. The number of rotatable bonds is 5. The summed E-state index contributed by atoms with van der Waals surface area (Å²) >= 11 is 1.36. The van der Waals surface area contributed by atoms with Gasteiger partial charge in [0.1, 0.15) is 5.25 Å². The Balaban J connectivity index is 2.02. The molecule has 3 aromatic rings. The van der Waals surface area contributed by atoms with E-state index < -0.39 is 5.25 Å². The SMILES string of the molecule is Cc1cccc(C)c1-n1nnnc1S[C@@H](C(=O)N(C)C)c1ccccc1. The van der Waals surface area contributed by atoms with Gasteiger partial charge in [-0.25, -0.2) is 0 Å². The zero-order chi connectivity index (χ0) is 18.7. The Morgan fingerprint density at radius 3 is 2.31 bits per heavy atom. The lowest BCUT2D eigenvalue weighted by Crippen LogP contribution is -2.27. The van der Waals surface area contributed by atoms with Crippen molar-refractivity contribution < 1.29 is 4.79 Å². The first-order valence-electron chi connectivity index (χ1n) is 8.26. The third-order valence-electron chi connectivity index (χ3n) is 4.08. The van der Waals surface area contributed by atoms with Gasteiger partial charge in [-0.15, -0.1) is 5.10 Å². The first-order valence-corrected chi connectivity index (χ1v) is 9.14. The van der Waals surface area contributed by atoms with E-state index in [1.54, 1.807) is 23.7 Å². The van der Waals surface area contributed by atoms with Gasteiger partial charge in [0, 0.05) is 14.1 Å². The molecule has 0 radical (unpaired) electrons. The van der Waals surface area contributed by atoms with Crippen LogP contribution >= 0.6 is 11.8 Å². The van der Waals surface area contributed by atoms with E-state index in [0.29, 0.717) is 5.16 Å². The molecule has 0 unspecified atom stereocenters. The van der Waals surface area contributed by atoms with Crippen LogP contribution in [-0.4, -0.2) is 45.1 Å². The molecular weight excluding hydrogens is 346 g/mol. The van der Waals surface area contributed by atoms with E-state index in [1.807, 2.05) is 62.4 Å². The summed E-state index contributed by atoms with van der Waals surface area (Å²) in [5, 5.41) is 12.4. The summed E-state index contributed by atoms with van der Waals surface area (Å²) in [5.41, 5.74) is 4.03. The van der Waals surface area contributed by atoms with Crippen LogP contribution in [0.5, 0.6) is 0 Å². The van der Waals surface area contributed by atoms with Crippen molar-refractivity contribution in [1.82, 2.24) is 25.1 Å². The number of benzene rings is 2. The first-order chi connectivity index (χ1) is 12.5. The second-order valence-corrected chi connectivity index (χ2v) is 7.33. The fraction of sp³-hybridized carbons (Fsp3) is 0.263. The molecule has 0 bridgehead atoms. The number of tetrazole rings is 1. The van der Waals surface area contributed by atoms with E-state index in [1.165, 1.54) is 11.8 Å². The number of para-hydroxylation sites is 1. The number of thioether (sulfide) groups is 1. The maximum absolute atomic E-state index is 12.8. The van der Waals surface area contributed by atoms with Gasteiger partial charge in [0.15, 0.2) is 0 Å². The fourth-order valence-corrected chi connectivity index (χ4v) is 3.89. The van der Waals surface area contributed by atoms with Gasteiger partial charge in [0.25, 0.3) is 0 Å². The van der Waals surface area contributed by atoms with Crippen molar-refractivity contribution in [2.24, 2.45) is 0 Å². The van der Waals surface area contributed by atoms with Crippen molar-refractivity contribution in [2.75, 3.05) is 14.1 Å². The number of carbonyl (C=O) groups excluding carboxylic acids is 1. The third-order valence-corrected chi connectivity index (χ3v) is 5.26. The zero-order valence-electron chi connectivity index (χ0n) is 15.2. The number of hydrogen-bond acceptors (Lipinski definition) is 5. The summed E-state index contributed by atoms with van der Waals surface area (Å²) in [6.45, 7) is 4.05. The van der Waals surface area contributed by atoms with Crippen molar-refractivity contribution in [3.63, 3.8) is 0 Å². The predicted molar refractivity (Wildman–Crippen MR) is 102 cm³/mol. The molecule has 0 aliphatic rings. The van der Waals surface area contributed by atoms with E-state index in [0.717, 1.165) is 22.4 Å². The number of nitrogens with zero attached hydrogens (tertiary/aromatic N) is 5. The van der Waals surface area contributed by atoms with Crippen LogP contribution < -0.4 is 0 Å². The average Bonchev–Trinajstić information content (AvgIpc) is 3.07. The minimum atomic E-state index is -0.416. The smallest absolute Gasteiger partial charge is 0.240 e. The van der Waals surface area contributed by atoms with Gasteiger partial charge in [-0.1, -0.05) is 60.3 Å². The van der Waals surface area contributed by atoms with Crippen LogP contribution in [0.1, 0.15) is 21.9 Å². The zero-order valence-corrected chi connectivity index (χ0v) is 16.1. The molecule has 7 heteroatoms. The summed E-state index contributed by atoms with van der Waals surface area (Å²) in [6.07, 6.45) is 0. The lowest BCUT2D eigenvalue weighted by atomic mass is 10.1. The Kier molecular flexibility index (Phi) is 5.37. The molecule has 1 aromatic heterocycles. The van der Waals surface area contributed by atoms with Crippen LogP contribution in [0.15, 0.2) is 53.7 Å². The number of hydrogen-bond donors (Lipinski definition) is 0. The largest absolute Gasteiger partial charge is 0.348 e. The molecule has 134 valence electrons. The van der Waals surface area contributed by atoms with Gasteiger partial charge in [-0.05, 0) is 41.0 Å². The van der Waals surface area contributed by atoms with Gasteiger partial charge < -0.3 is 4.90 Å². The predicted octanol–water partition coefficient (Wildman–Crippen LogP) is 3.20. The van der Waals surface area contributed by atoms with Gasteiger partial charge in [-0.3, -0.25) is 4.79 Å². The molecule has 0 N–H and O–H groups in total. The highest BCUT2D eigenvalue weighted by Crippen LogP contribution is 2.36. The lowest BCUT2D eigenvalue weighted by Gasteiger charge is -2.20. The molecule has 0 aliphatic heterocycles. The Morgan fingerprint density at radius 2 is 1.69 bits per heavy atom. The second kappa shape index (κ2) is 7.70. The molecule has 0 fully saturated rings. The maximum Gasteiger partial charge on any atom is 0.240 e. The topological polar surface area (TPSA) is 63.9 Å². The Bertz CT molecular complexity index is 887. The minimum Gasteiger partial charge on any atom is -0.348 e. The van der Waals surface area contributed by atoms with Gasteiger partial charge in [0.05, 0.1) is 5.69 Å². The summed E-state index contributed by atoms with van der Waals surface area (Å²) in [6, 6.07) is 15.8. The quantitative estimate of drug-likeness (QED) is 0.648. The van der Waals surface area contributed by atoms with Crippen LogP contribution in [-0.2, 0) is 4.79 Å². The molecule has 1 amide bonds. The normalized spacial score (nSPS) is 12.0. The van der Waals surface area contributed by atoms with Gasteiger partial charge in [0.2, 0.25) is 11.1 Å². The van der Waals surface area contributed by atoms with Gasteiger partial charge >= 0.3 is 0 Å². The Labute approximate surface area is 157 Å². The molecule has 0 spiro atoms. The van der Waals surface area contributed by atoms with Crippen LogP contribution in [0, 0.1) is 13.8 Å². The van der Waals surface area contributed by atoms with Gasteiger partial charge in [-0.2, -0.15) is 4.68 Å². The van der Waals surface area contributed by atoms with Crippen molar-refractivity contribution in [1.29, 1.82) is 0 Å². The monoisotopic (exact) mass is 367 g/mol. The molecular formula is C19H21N5OS. The summed E-state index contributed by atoms with van der Waals surface area (Å²) in [5.74, 6) is -0.00254. The highest BCUT2D eigenvalue weighted by Gasteiger charge is 2.27. The summed E-state index contributed by atoms with van der Waals surface area (Å²) < 4.78 is 1.72. The molecule has 2 aromatic carbocycles. The van der Waals surface area contributed by atoms with Crippen LogP contribution in [0.3, 0.4) is 0 Å². The Morgan fingerprint density at radius 1 is 1.04 bits per heavy atom. The van der Waals surface area contributed by atoms with Crippen LogP contribution in [0.2, 0.25) is 0 Å². The van der Waals surface area contributed by atoms with Crippen molar-refractivity contribution in [3.8, 4) is 5.69 Å². The lowest BCUT2D eigenvalue weighted by molar-refractivity contribution is -0.128. The standard InChI is InChI=1S/C19H21N5OS/c1-13-9-8-10-14(2)16(13)24-19(20-21-22-24)26-17(18(25)23(3)4)15-11-6-5-7-12-15/h5-12,17H,1-4H3/t17-/m1/s1. The second-order valence-electron chi connectivity index (χ2n) is 6.25. The Hall–Kier alpha value is -2.67. The molecule has 6 nitrogen and oxygen atoms in total. The van der Waals surface area contributed by atoms with E-state index in [4.69, 9.17) is 0 Å². The average molecular weight is 367 g/mol. The molecule has 26 heavy (non-hydrogen) atoms. The molecule has 0 aliphatic carbocycles. The first kappa shape index (κ1) is 18.1. The number of aromatic nitrogens is 4. The third kappa shape index (κ3) is 3.62. The fourth-order valence-electron chi connectivity index (χ4n) is 2.76. The molecule has 0 saturated heterocycles. The molecule has 1 heterocycles. The maximum atomic E-state index is 12.8. The highest BCUT2D eigenvalue weighted by atomic mass is 32.2. The minimum absolute atomic E-state index is 0.00254.